The van der Waals surface area contributed by atoms with Crippen molar-refractivity contribution in [2.75, 3.05) is 6.61 Å². The normalized spacial score (nSPS) is 14.8. The van der Waals surface area contributed by atoms with Gasteiger partial charge in [-0.3, -0.25) is 4.79 Å². The molecule has 1 aliphatic rings. The number of carbonyl (C=O) groups is 3. The van der Waals surface area contributed by atoms with Crippen molar-refractivity contribution in [3.63, 3.8) is 0 Å². The number of amides is 2. The maximum absolute atomic E-state index is 12.8. The quantitative estimate of drug-likeness (QED) is 0.426. The molecule has 7 nitrogen and oxygen atoms in total. The number of nitrogens with one attached hydrogen (secondary N) is 2. The van der Waals surface area contributed by atoms with Gasteiger partial charge in [0.25, 0.3) is 0 Å². The Balaban J connectivity index is 1.67. The summed E-state index contributed by atoms with van der Waals surface area (Å²) < 4.78 is 5.55. The molecule has 2 amide bonds. The van der Waals surface area contributed by atoms with Crippen LogP contribution >= 0.6 is 0 Å². The van der Waals surface area contributed by atoms with Gasteiger partial charge < -0.3 is 20.5 Å². The molecule has 0 saturated carbocycles. The number of carboxylic acids is 1. The van der Waals surface area contributed by atoms with E-state index in [1.54, 1.807) is 13.0 Å². The van der Waals surface area contributed by atoms with Crippen molar-refractivity contribution in [3.05, 3.63) is 72.3 Å². The first-order valence-corrected chi connectivity index (χ1v) is 11.6. The molecule has 0 spiro atoms. The standard InChI is InChI=1S/C27H32N2O5/c1-4-6-15-23(25(30)29-24(26(31)32)17(3)5-2)28-27(33)34-16-22-20-13-9-7-11-18(20)19-12-8-10-14-21(19)22/h4,7-14,17,22-24H,1,5-6,15-16H2,2-3H3,(H,28,33)(H,29,30)(H,31,32)/t17-,23?,24-/m0/s1. The highest BCUT2D eigenvalue weighted by Gasteiger charge is 2.31. The molecule has 7 heteroatoms. The SMILES string of the molecule is C=CCCC(NC(=O)OCC1c2ccccc2-c2ccccc21)C(=O)N[C@H](C(=O)O)[C@@H](C)CC. The zero-order chi connectivity index (χ0) is 24.7. The molecule has 180 valence electrons. The molecule has 3 N–H and O–H groups in total. The summed E-state index contributed by atoms with van der Waals surface area (Å²) in [5.74, 6) is -2.01. The molecule has 0 aliphatic heterocycles. The molecule has 0 aromatic heterocycles. The van der Waals surface area contributed by atoms with Crippen LogP contribution in [0.4, 0.5) is 4.79 Å². The van der Waals surface area contributed by atoms with E-state index >= 15 is 0 Å². The van der Waals surface area contributed by atoms with Crippen LogP contribution in [0, 0.1) is 5.92 Å². The Morgan fingerprint density at radius 3 is 2.18 bits per heavy atom. The third kappa shape index (κ3) is 5.65. The van der Waals surface area contributed by atoms with Crippen molar-refractivity contribution in [3.8, 4) is 11.1 Å². The van der Waals surface area contributed by atoms with Crippen LogP contribution in [-0.4, -0.2) is 41.8 Å². The molecule has 2 aromatic carbocycles. The van der Waals surface area contributed by atoms with E-state index in [4.69, 9.17) is 4.74 Å². The van der Waals surface area contributed by atoms with Gasteiger partial charge in [0.05, 0.1) is 0 Å². The van der Waals surface area contributed by atoms with Gasteiger partial charge in [-0.25, -0.2) is 9.59 Å². The molecule has 34 heavy (non-hydrogen) atoms. The summed E-state index contributed by atoms with van der Waals surface area (Å²) in [6.45, 7) is 7.41. The Hall–Kier alpha value is -3.61. The molecule has 3 atom stereocenters. The third-order valence-corrected chi connectivity index (χ3v) is 6.39. The van der Waals surface area contributed by atoms with Gasteiger partial charge >= 0.3 is 12.1 Å². The van der Waals surface area contributed by atoms with Crippen LogP contribution in [0.2, 0.25) is 0 Å². The lowest BCUT2D eigenvalue weighted by Gasteiger charge is -2.24. The van der Waals surface area contributed by atoms with Crippen molar-refractivity contribution in [1.82, 2.24) is 10.6 Å². The van der Waals surface area contributed by atoms with Crippen molar-refractivity contribution in [2.45, 2.75) is 51.1 Å². The van der Waals surface area contributed by atoms with Gasteiger partial charge in [0.1, 0.15) is 18.7 Å². The monoisotopic (exact) mass is 464 g/mol. The number of fused-ring (bicyclic) bond motifs is 3. The average Bonchev–Trinajstić information content (AvgIpc) is 3.16. The van der Waals surface area contributed by atoms with Crippen LogP contribution in [-0.2, 0) is 14.3 Å². The molecule has 0 radical (unpaired) electrons. The van der Waals surface area contributed by atoms with Crippen LogP contribution in [0.25, 0.3) is 11.1 Å². The Kier molecular flexibility index (Phi) is 8.46. The molecule has 0 saturated heterocycles. The lowest BCUT2D eigenvalue weighted by molar-refractivity contribution is -0.143. The maximum Gasteiger partial charge on any atom is 0.407 e. The summed E-state index contributed by atoms with van der Waals surface area (Å²) in [7, 11) is 0. The number of rotatable bonds is 11. The number of benzene rings is 2. The highest BCUT2D eigenvalue weighted by Crippen LogP contribution is 2.44. The molecule has 3 rings (SSSR count). The fourth-order valence-corrected chi connectivity index (χ4v) is 4.27. The van der Waals surface area contributed by atoms with Gasteiger partial charge in [0.2, 0.25) is 5.91 Å². The van der Waals surface area contributed by atoms with Gasteiger partial charge in [-0.05, 0) is 41.0 Å². The lowest BCUT2D eigenvalue weighted by Crippen LogP contribution is -2.53. The fourth-order valence-electron chi connectivity index (χ4n) is 4.27. The number of allylic oxidation sites excluding steroid dienone is 1. The minimum absolute atomic E-state index is 0.0969. The number of aliphatic carboxylic acids is 1. The summed E-state index contributed by atoms with van der Waals surface area (Å²) in [5.41, 5.74) is 4.44. The van der Waals surface area contributed by atoms with Gasteiger partial charge in [-0.2, -0.15) is 0 Å². The minimum Gasteiger partial charge on any atom is -0.480 e. The Bertz CT molecular complexity index is 1010. The van der Waals surface area contributed by atoms with Crippen molar-refractivity contribution in [2.24, 2.45) is 5.92 Å². The van der Waals surface area contributed by atoms with E-state index in [-0.39, 0.29) is 24.9 Å². The summed E-state index contributed by atoms with van der Waals surface area (Å²) >= 11 is 0. The largest absolute Gasteiger partial charge is 0.480 e. The number of hydrogen-bond acceptors (Lipinski definition) is 4. The predicted octanol–water partition coefficient (Wildman–Crippen LogP) is 4.48. The van der Waals surface area contributed by atoms with Crippen molar-refractivity contribution in [1.29, 1.82) is 0 Å². The minimum atomic E-state index is -1.11. The van der Waals surface area contributed by atoms with E-state index in [0.717, 1.165) is 22.3 Å². The Morgan fingerprint density at radius 1 is 1.06 bits per heavy atom. The van der Waals surface area contributed by atoms with Crippen molar-refractivity contribution >= 4 is 18.0 Å². The highest BCUT2D eigenvalue weighted by atomic mass is 16.5. The molecular weight excluding hydrogens is 432 g/mol. The first-order chi connectivity index (χ1) is 16.4. The van der Waals surface area contributed by atoms with E-state index < -0.39 is 30.1 Å². The maximum atomic E-state index is 12.8. The Labute approximate surface area is 200 Å². The van der Waals surface area contributed by atoms with E-state index in [1.807, 2.05) is 43.3 Å². The third-order valence-electron chi connectivity index (χ3n) is 6.39. The van der Waals surface area contributed by atoms with Crippen LogP contribution in [0.3, 0.4) is 0 Å². The second-order valence-electron chi connectivity index (χ2n) is 8.60. The van der Waals surface area contributed by atoms with Crippen molar-refractivity contribution < 1.29 is 24.2 Å². The Morgan fingerprint density at radius 2 is 1.65 bits per heavy atom. The molecule has 0 bridgehead atoms. The number of ether oxygens (including phenoxy) is 1. The van der Waals surface area contributed by atoms with Crippen LogP contribution in [0.5, 0.6) is 0 Å². The summed E-state index contributed by atoms with van der Waals surface area (Å²) in [5, 5.41) is 14.7. The molecule has 1 unspecified atom stereocenters. The first-order valence-electron chi connectivity index (χ1n) is 11.6. The lowest BCUT2D eigenvalue weighted by atomic mass is 9.98. The average molecular weight is 465 g/mol. The number of carboxylic acid groups (broad SMARTS) is 1. The number of carbonyl (C=O) groups excluding carboxylic acids is 2. The van der Waals surface area contributed by atoms with Crippen LogP contribution in [0.15, 0.2) is 61.2 Å². The zero-order valence-corrected chi connectivity index (χ0v) is 19.6. The van der Waals surface area contributed by atoms with E-state index in [1.165, 1.54) is 0 Å². The second-order valence-corrected chi connectivity index (χ2v) is 8.60. The van der Waals surface area contributed by atoms with Gasteiger partial charge in [0, 0.05) is 5.92 Å². The topological polar surface area (TPSA) is 105 Å². The molecule has 0 fully saturated rings. The highest BCUT2D eigenvalue weighted by molar-refractivity contribution is 5.89. The number of alkyl carbamates (subject to hydrolysis) is 1. The van der Waals surface area contributed by atoms with E-state index in [2.05, 4.69) is 29.3 Å². The van der Waals surface area contributed by atoms with E-state index in [9.17, 15) is 19.5 Å². The number of hydrogen-bond donors (Lipinski definition) is 3. The van der Waals surface area contributed by atoms with E-state index in [0.29, 0.717) is 12.8 Å². The zero-order valence-electron chi connectivity index (χ0n) is 19.6. The van der Waals surface area contributed by atoms with Crippen LogP contribution in [0.1, 0.15) is 50.2 Å². The smallest absolute Gasteiger partial charge is 0.407 e. The molecular formula is C27H32N2O5. The summed E-state index contributed by atoms with van der Waals surface area (Å²) in [6, 6.07) is 14.1. The van der Waals surface area contributed by atoms with Gasteiger partial charge in [0.15, 0.2) is 0 Å². The summed E-state index contributed by atoms with van der Waals surface area (Å²) in [6.07, 6.45) is 2.27. The first kappa shape index (κ1) is 25.0. The molecule has 2 aromatic rings. The summed E-state index contributed by atoms with van der Waals surface area (Å²) in [4.78, 5) is 37.1. The predicted molar refractivity (Wildman–Crippen MR) is 130 cm³/mol. The van der Waals surface area contributed by atoms with Crippen LogP contribution < -0.4 is 10.6 Å². The van der Waals surface area contributed by atoms with Gasteiger partial charge in [-0.15, -0.1) is 6.58 Å². The molecule has 1 aliphatic carbocycles. The molecule has 0 heterocycles. The van der Waals surface area contributed by atoms with Gasteiger partial charge in [-0.1, -0.05) is 74.9 Å². The second kappa shape index (κ2) is 11.5. The fraction of sp³-hybridized carbons (Fsp3) is 0.370.